The first-order valence-electron chi connectivity index (χ1n) is 11.2. The molecule has 2 atom stereocenters. The molecule has 0 radical (unpaired) electrons. The Kier molecular flexibility index (Phi) is 4.44. The number of piperazine rings is 1. The predicted octanol–water partition coefficient (Wildman–Crippen LogP) is 3.36. The molecule has 2 N–H and O–H groups in total. The fraction of sp³-hybridized carbons (Fsp3) is 0.360. The third-order valence-electron chi connectivity index (χ3n) is 7.21. The lowest BCUT2D eigenvalue weighted by Crippen LogP contribution is -2.46. The number of halogens is 1. The van der Waals surface area contributed by atoms with Gasteiger partial charge < -0.3 is 15.2 Å². The van der Waals surface area contributed by atoms with Crippen LogP contribution in [0.25, 0.3) is 10.9 Å². The van der Waals surface area contributed by atoms with E-state index in [0.29, 0.717) is 17.3 Å². The molecule has 6 nitrogen and oxygen atoms in total. The molecule has 32 heavy (non-hydrogen) atoms. The van der Waals surface area contributed by atoms with Crippen molar-refractivity contribution in [3.63, 3.8) is 0 Å². The van der Waals surface area contributed by atoms with Crippen LogP contribution in [-0.2, 0) is 13.0 Å². The molecule has 0 amide bonds. The highest BCUT2D eigenvalue weighted by molar-refractivity contribution is 5.93. The van der Waals surface area contributed by atoms with Crippen LogP contribution in [0.5, 0.6) is 0 Å². The van der Waals surface area contributed by atoms with Crippen molar-refractivity contribution in [3.05, 3.63) is 69.3 Å². The zero-order chi connectivity index (χ0) is 21.8. The molecular formula is C25H24FN5O. The molecule has 0 aliphatic carbocycles. The first-order valence-corrected chi connectivity index (χ1v) is 11.2. The summed E-state index contributed by atoms with van der Waals surface area (Å²) in [6, 6.07) is 13.7. The Morgan fingerprint density at radius 1 is 1.16 bits per heavy atom. The SMILES string of the molecule is N#Cc1ccc(N2C[C@@H]3C[C@H]2CN3Cc2ccc3c4c(c(=O)[nH]c3c2)CCCN4)c(F)c1. The van der Waals surface area contributed by atoms with Crippen molar-refractivity contribution in [2.45, 2.75) is 37.9 Å². The van der Waals surface area contributed by atoms with E-state index in [1.54, 1.807) is 12.1 Å². The van der Waals surface area contributed by atoms with Gasteiger partial charge in [0.15, 0.2) is 0 Å². The number of aromatic nitrogens is 1. The Morgan fingerprint density at radius 3 is 2.84 bits per heavy atom. The minimum absolute atomic E-state index is 0.0113. The second-order valence-electron chi connectivity index (χ2n) is 9.12. The summed E-state index contributed by atoms with van der Waals surface area (Å²) >= 11 is 0. The zero-order valence-electron chi connectivity index (χ0n) is 17.7. The van der Waals surface area contributed by atoms with E-state index < -0.39 is 0 Å². The van der Waals surface area contributed by atoms with E-state index in [1.807, 2.05) is 6.07 Å². The number of hydrogen-bond acceptors (Lipinski definition) is 5. The van der Waals surface area contributed by atoms with E-state index in [-0.39, 0.29) is 17.4 Å². The highest BCUT2D eigenvalue weighted by atomic mass is 19.1. The third-order valence-corrected chi connectivity index (χ3v) is 7.21. The molecule has 3 aromatic rings. The van der Waals surface area contributed by atoms with Crippen LogP contribution in [0.4, 0.5) is 15.8 Å². The van der Waals surface area contributed by atoms with Crippen LogP contribution >= 0.6 is 0 Å². The molecule has 6 rings (SSSR count). The van der Waals surface area contributed by atoms with Crippen LogP contribution in [0.2, 0.25) is 0 Å². The van der Waals surface area contributed by atoms with Gasteiger partial charge in [-0.05, 0) is 49.1 Å². The van der Waals surface area contributed by atoms with Gasteiger partial charge in [-0.25, -0.2) is 4.39 Å². The summed E-state index contributed by atoms with van der Waals surface area (Å²) in [6.45, 7) is 3.38. The van der Waals surface area contributed by atoms with E-state index in [9.17, 15) is 9.18 Å². The summed E-state index contributed by atoms with van der Waals surface area (Å²) in [7, 11) is 0. The van der Waals surface area contributed by atoms with Gasteiger partial charge in [-0.15, -0.1) is 0 Å². The van der Waals surface area contributed by atoms with E-state index in [2.05, 4.69) is 38.3 Å². The minimum atomic E-state index is -0.321. The van der Waals surface area contributed by atoms with Crippen molar-refractivity contribution >= 4 is 22.3 Å². The van der Waals surface area contributed by atoms with Crippen molar-refractivity contribution in [3.8, 4) is 6.07 Å². The third kappa shape index (κ3) is 3.06. The molecule has 0 spiro atoms. The normalized spacial score (nSPS) is 22.1. The van der Waals surface area contributed by atoms with Crippen LogP contribution in [0.1, 0.15) is 29.5 Å². The number of hydrogen-bond donors (Lipinski definition) is 2. The predicted molar refractivity (Wildman–Crippen MR) is 122 cm³/mol. The maximum absolute atomic E-state index is 14.5. The molecule has 0 saturated carbocycles. The van der Waals surface area contributed by atoms with Crippen molar-refractivity contribution in [2.24, 2.45) is 0 Å². The number of anilines is 2. The smallest absolute Gasteiger partial charge is 0.253 e. The quantitative estimate of drug-likeness (QED) is 0.668. The van der Waals surface area contributed by atoms with Gasteiger partial charge >= 0.3 is 0 Å². The zero-order valence-corrected chi connectivity index (χ0v) is 17.7. The van der Waals surface area contributed by atoms with Crippen LogP contribution in [0.3, 0.4) is 0 Å². The summed E-state index contributed by atoms with van der Waals surface area (Å²) < 4.78 is 14.5. The maximum Gasteiger partial charge on any atom is 0.253 e. The molecule has 3 aliphatic heterocycles. The highest BCUT2D eigenvalue weighted by Gasteiger charge is 2.43. The number of H-pyrrole nitrogens is 1. The fourth-order valence-electron chi connectivity index (χ4n) is 5.69. The van der Waals surface area contributed by atoms with Crippen LogP contribution in [0.15, 0.2) is 41.2 Å². The van der Waals surface area contributed by atoms with Crippen LogP contribution in [-0.4, -0.2) is 41.6 Å². The van der Waals surface area contributed by atoms with Crippen molar-refractivity contribution in [1.82, 2.24) is 9.88 Å². The molecule has 2 bridgehead atoms. The van der Waals surface area contributed by atoms with Crippen molar-refractivity contribution in [2.75, 3.05) is 29.9 Å². The number of nitrogens with one attached hydrogen (secondary N) is 2. The number of nitriles is 1. The number of rotatable bonds is 3. The minimum Gasteiger partial charge on any atom is -0.384 e. The molecule has 162 valence electrons. The number of fused-ring (bicyclic) bond motifs is 5. The van der Waals surface area contributed by atoms with Gasteiger partial charge in [-0.3, -0.25) is 9.69 Å². The maximum atomic E-state index is 14.5. The summed E-state index contributed by atoms with van der Waals surface area (Å²) in [5.41, 5.74) is 4.86. The first kappa shape index (κ1) is 19.3. The molecule has 3 aliphatic rings. The average molecular weight is 429 g/mol. The monoisotopic (exact) mass is 429 g/mol. The molecule has 2 fully saturated rings. The second kappa shape index (κ2) is 7.35. The molecule has 4 heterocycles. The standard InChI is InChI=1S/C25H24FN5O/c26-21-8-15(11-27)4-6-23(21)31-14-17-10-18(31)13-30(17)12-16-3-5-19-22(9-16)29-25(32)20-2-1-7-28-24(19)20/h3-6,8-9,17-18,28H,1-2,7,10,12-14H2,(H,29,32)/t17-,18-/m0/s1. The lowest BCUT2D eigenvalue weighted by atomic mass is 10.0. The van der Waals surface area contributed by atoms with Crippen LogP contribution < -0.4 is 15.8 Å². The summed E-state index contributed by atoms with van der Waals surface area (Å²) in [4.78, 5) is 20.2. The molecule has 2 aromatic carbocycles. The number of benzene rings is 2. The molecule has 1 aromatic heterocycles. The van der Waals surface area contributed by atoms with Crippen molar-refractivity contribution < 1.29 is 4.39 Å². The Labute approximate surface area is 185 Å². The summed E-state index contributed by atoms with van der Waals surface area (Å²) in [5.74, 6) is -0.321. The number of aromatic amines is 1. The average Bonchev–Trinajstić information content (AvgIpc) is 3.39. The molecule has 2 saturated heterocycles. The van der Waals surface area contributed by atoms with Crippen molar-refractivity contribution in [1.29, 1.82) is 5.26 Å². The van der Waals surface area contributed by atoms with Gasteiger partial charge in [0.1, 0.15) is 5.82 Å². The number of likely N-dealkylation sites (tertiary alicyclic amines) is 1. The number of nitrogens with zero attached hydrogens (tertiary/aromatic N) is 3. The fourth-order valence-corrected chi connectivity index (χ4v) is 5.69. The summed E-state index contributed by atoms with van der Waals surface area (Å²) in [6.07, 6.45) is 2.82. The van der Waals surface area contributed by atoms with E-state index in [4.69, 9.17) is 5.26 Å². The highest BCUT2D eigenvalue weighted by Crippen LogP contribution is 2.37. The largest absolute Gasteiger partial charge is 0.384 e. The van der Waals surface area contributed by atoms with Crippen LogP contribution in [0, 0.1) is 17.1 Å². The van der Waals surface area contributed by atoms with E-state index >= 15 is 0 Å². The first-order chi connectivity index (χ1) is 15.6. The topological polar surface area (TPSA) is 75.2 Å². The van der Waals surface area contributed by atoms with Gasteiger partial charge in [0.2, 0.25) is 0 Å². The molecular weight excluding hydrogens is 405 g/mol. The van der Waals surface area contributed by atoms with E-state index in [1.165, 1.54) is 11.6 Å². The lowest BCUT2D eigenvalue weighted by molar-refractivity contribution is 0.230. The van der Waals surface area contributed by atoms with Gasteiger partial charge in [0.25, 0.3) is 5.56 Å². The van der Waals surface area contributed by atoms with E-state index in [0.717, 1.165) is 67.6 Å². The van der Waals surface area contributed by atoms with Gasteiger partial charge in [-0.1, -0.05) is 12.1 Å². The summed E-state index contributed by atoms with van der Waals surface area (Å²) in [5, 5.41) is 13.5. The molecule has 7 heteroatoms. The lowest BCUT2D eigenvalue weighted by Gasteiger charge is -2.35. The number of pyridine rings is 1. The second-order valence-corrected chi connectivity index (χ2v) is 9.12. The van der Waals surface area contributed by atoms with Gasteiger partial charge in [-0.2, -0.15) is 5.26 Å². The molecule has 0 unspecified atom stereocenters. The van der Waals surface area contributed by atoms with Gasteiger partial charge in [0.05, 0.1) is 28.5 Å². The Morgan fingerprint density at radius 2 is 2.06 bits per heavy atom. The Balaban J connectivity index is 1.21. The Hall–Kier alpha value is -3.37. The Bertz CT molecular complexity index is 1330. The van der Waals surface area contributed by atoms with Gasteiger partial charge in [0, 0.05) is 49.2 Å².